The number of nitrogens with one attached hydrogen (secondary N) is 2. The monoisotopic (exact) mass is 226 g/mol. The van der Waals surface area contributed by atoms with E-state index in [-0.39, 0.29) is 0 Å². The number of rotatable bonds is 4. The second kappa shape index (κ2) is 5.39. The highest BCUT2D eigenvalue weighted by molar-refractivity contribution is 5.72. The van der Waals surface area contributed by atoms with Crippen molar-refractivity contribution < 1.29 is 0 Å². The molecule has 0 aromatic heterocycles. The number of aryl methyl sites for hydroxylation is 1. The molecule has 0 unspecified atom stereocenters. The van der Waals surface area contributed by atoms with Gasteiger partial charge in [0.2, 0.25) is 0 Å². The summed E-state index contributed by atoms with van der Waals surface area (Å²) in [6.45, 7) is 2.96. The van der Waals surface area contributed by atoms with E-state index in [2.05, 4.69) is 60.0 Å². The van der Waals surface area contributed by atoms with E-state index in [1.807, 2.05) is 13.1 Å². The van der Waals surface area contributed by atoms with Gasteiger partial charge < -0.3 is 10.6 Å². The highest BCUT2D eigenvalue weighted by Gasteiger charge is 2.02. The third kappa shape index (κ3) is 2.78. The first-order chi connectivity index (χ1) is 8.31. The van der Waals surface area contributed by atoms with Gasteiger partial charge >= 0.3 is 0 Å². The van der Waals surface area contributed by atoms with Gasteiger partial charge in [-0.1, -0.05) is 42.5 Å². The summed E-state index contributed by atoms with van der Waals surface area (Å²) >= 11 is 0. The molecule has 0 saturated heterocycles. The molecule has 0 aliphatic carbocycles. The van der Waals surface area contributed by atoms with Crippen molar-refractivity contribution in [1.82, 2.24) is 0 Å². The minimum absolute atomic E-state index is 0.846. The Labute approximate surface area is 103 Å². The van der Waals surface area contributed by atoms with Gasteiger partial charge in [-0.3, -0.25) is 0 Å². The van der Waals surface area contributed by atoms with Crippen LogP contribution in [0.4, 0.5) is 11.4 Å². The average Bonchev–Trinajstić information content (AvgIpc) is 2.37. The zero-order chi connectivity index (χ0) is 12.1. The summed E-state index contributed by atoms with van der Waals surface area (Å²) < 4.78 is 0. The van der Waals surface area contributed by atoms with Gasteiger partial charge in [-0.2, -0.15) is 0 Å². The molecule has 0 fully saturated rings. The molecule has 0 radical (unpaired) electrons. The molecule has 2 aromatic carbocycles. The minimum Gasteiger partial charge on any atom is -0.386 e. The first-order valence-corrected chi connectivity index (χ1v) is 5.86. The predicted molar refractivity (Wildman–Crippen MR) is 74.5 cm³/mol. The number of anilines is 2. The lowest BCUT2D eigenvalue weighted by molar-refractivity contribution is 1.15. The zero-order valence-electron chi connectivity index (χ0n) is 10.3. The summed E-state index contributed by atoms with van der Waals surface area (Å²) in [4.78, 5) is 0. The van der Waals surface area contributed by atoms with Crippen LogP contribution in [0.15, 0.2) is 48.5 Å². The maximum atomic E-state index is 3.46. The van der Waals surface area contributed by atoms with Gasteiger partial charge in [0.1, 0.15) is 0 Å². The van der Waals surface area contributed by atoms with Crippen LogP contribution >= 0.6 is 0 Å². The molecule has 0 spiro atoms. The Kier molecular flexibility index (Phi) is 3.66. The Bertz CT molecular complexity index is 478. The van der Waals surface area contributed by atoms with Gasteiger partial charge in [0, 0.05) is 13.6 Å². The molecule has 17 heavy (non-hydrogen) atoms. The molecule has 2 rings (SSSR count). The molecule has 0 aliphatic heterocycles. The van der Waals surface area contributed by atoms with Crippen LogP contribution in [0, 0.1) is 6.92 Å². The van der Waals surface area contributed by atoms with Gasteiger partial charge in [-0.05, 0) is 24.1 Å². The standard InChI is InChI=1S/C15H18N2/c1-12-7-6-10-14(15(12)16-2)17-11-13-8-4-3-5-9-13/h3-10,16-17H,11H2,1-2H3. The summed E-state index contributed by atoms with van der Waals surface area (Å²) in [7, 11) is 1.95. The molecule has 2 heteroatoms. The third-order valence-electron chi connectivity index (χ3n) is 2.85. The van der Waals surface area contributed by atoms with Crippen molar-refractivity contribution in [2.24, 2.45) is 0 Å². The molecule has 0 atom stereocenters. The number of para-hydroxylation sites is 1. The number of hydrogen-bond acceptors (Lipinski definition) is 2. The molecule has 88 valence electrons. The summed E-state index contributed by atoms with van der Waals surface area (Å²) in [6, 6.07) is 16.7. The smallest absolute Gasteiger partial charge is 0.0603 e. The van der Waals surface area contributed by atoms with E-state index < -0.39 is 0 Å². The van der Waals surface area contributed by atoms with Crippen LogP contribution in [0.2, 0.25) is 0 Å². The molecule has 0 heterocycles. The minimum atomic E-state index is 0.846. The molecule has 0 bridgehead atoms. The second-order valence-corrected chi connectivity index (χ2v) is 4.09. The molecule has 0 saturated carbocycles. The number of benzene rings is 2. The average molecular weight is 226 g/mol. The molecular formula is C15H18N2. The van der Waals surface area contributed by atoms with Crippen molar-refractivity contribution in [3.05, 3.63) is 59.7 Å². The summed E-state index contributed by atoms with van der Waals surface area (Å²) in [5.41, 5.74) is 4.86. The molecule has 2 N–H and O–H groups in total. The first kappa shape index (κ1) is 11.5. The fourth-order valence-electron chi connectivity index (χ4n) is 1.94. The summed E-state index contributed by atoms with van der Waals surface area (Å²) in [5.74, 6) is 0. The van der Waals surface area contributed by atoms with Crippen molar-refractivity contribution in [2.45, 2.75) is 13.5 Å². The van der Waals surface area contributed by atoms with Crippen LogP contribution in [-0.2, 0) is 6.54 Å². The van der Waals surface area contributed by atoms with Crippen molar-refractivity contribution in [2.75, 3.05) is 17.7 Å². The zero-order valence-corrected chi connectivity index (χ0v) is 10.3. The van der Waals surface area contributed by atoms with Crippen LogP contribution in [0.25, 0.3) is 0 Å². The normalized spacial score (nSPS) is 10.0. The summed E-state index contributed by atoms with van der Waals surface area (Å²) in [5, 5.41) is 6.70. The van der Waals surface area contributed by atoms with E-state index in [0.717, 1.165) is 12.2 Å². The van der Waals surface area contributed by atoms with Crippen LogP contribution in [0.3, 0.4) is 0 Å². The van der Waals surface area contributed by atoms with Crippen molar-refractivity contribution in [1.29, 1.82) is 0 Å². The van der Waals surface area contributed by atoms with E-state index in [0.29, 0.717) is 0 Å². The Hall–Kier alpha value is -1.96. The molecular weight excluding hydrogens is 208 g/mol. The lowest BCUT2D eigenvalue weighted by Crippen LogP contribution is -2.03. The maximum Gasteiger partial charge on any atom is 0.0603 e. The third-order valence-corrected chi connectivity index (χ3v) is 2.85. The van der Waals surface area contributed by atoms with Gasteiger partial charge in [-0.25, -0.2) is 0 Å². The lowest BCUT2D eigenvalue weighted by Gasteiger charge is -2.14. The largest absolute Gasteiger partial charge is 0.386 e. The first-order valence-electron chi connectivity index (χ1n) is 5.86. The molecule has 2 nitrogen and oxygen atoms in total. The van der Waals surface area contributed by atoms with Crippen molar-refractivity contribution >= 4 is 11.4 Å². The number of hydrogen-bond donors (Lipinski definition) is 2. The Morgan fingerprint density at radius 3 is 2.41 bits per heavy atom. The maximum absolute atomic E-state index is 3.46. The SMILES string of the molecule is CNc1c(C)cccc1NCc1ccccc1. The van der Waals surface area contributed by atoms with E-state index in [1.165, 1.54) is 16.8 Å². The molecule has 2 aromatic rings. The van der Waals surface area contributed by atoms with E-state index >= 15 is 0 Å². The van der Waals surface area contributed by atoms with Gasteiger partial charge in [-0.15, -0.1) is 0 Å². The Morgan fingerprint density at radius 2 is 1.71 bits per heavy atom. The van der Waals surface area contributed by atoms with Crippen LogP contribution in [-0.4, -0.2) is 7.05 Å². The fraction of sp³-hybridized carbons (Fsp3) is 0.200. The highest BCUT2D eigenvalue weighted by Crippen LogP contribution is 2.25. The predicted octanol–water partition coefficient (Wildman–Crippen LogP) is 3.65. The fourth-order valence-corrected chi connectivity index (χ4v) is 1.94. The summed E-state index contributed by atoms with van der Waals surface area (Å²) in [6.07, 6.45) is 0. The highest BCUT2D eigenvalue weighted by atomic mass is 14.9. The van der Waals surface area contributed by atoms with Crippen LogP contribution < -0.4 is 10.6 Å². The topological polar surface area (TPSA) is 24.1 Å². The van der Waals surface area contributed by atoms with E-state index in [9.17, 15) is 0 Å². The van der Waals surface area contributed by atoms with Crippen molar-refractivity contribution in [3.63, 3.8) is 0 Å². The van der Waals surface area contributed by atoms with E-state index in [1.54, 1.807) is 0 Å². The second-order valence-electron chi connectivity index (χ2n) is 4.09. The van der Waals surface area contributed by atoms with Gasteiger partial charge in [0.25, 0.3) is 0 Å². The molecule has 0 amide bonds. The Balaban J connectivity index is 2.12. The molecule has 0 aliphatic rings. The van der Waals surface area contributed by atoms with Gasteiger partial charge in [0.05, 0.1) is 11.4 Å². The Morgan fingerprint density at radius 1 is 0.941 bits per heavy atom. The van der Waals surface area contributed by atoms with Crippen LogP contribution in [0.5, 0.6) is 0 Å². The van der Waals surface area contributed by atoms with Crippen LogP contribution in [0.1, 0.15) is 11.1 Å². The van der Waals surface area contributed by atoms with E-state index in [4.69, 9.17) is 0 Å². The van der Waals surface area contributed by atoms with Gasteiger partial charge in [0.15, 0.2) is 0 Å². The lowest BCUT2D eigenvalue weighted by atomic mass is 10.1. The quantitative estimate of drug-likeness (QED) is 0.831. The van der Waals surface area contributed by atoms with Crippen molar-refractivity contribution in [3.8, 4) is 0 Å².